The molecule has 9 heteroatoms. The van der Waals surface area contributed by atoms with Crippen LogP contribution in [0.5, 0.6) is 0 Å². The summed E-state index contributed by atoms with van der Waals surface area (Å²) in [5.41, 5.74) is 1.82. The number of rotatable bonds is 9. The Morgan fingerprint density at radius 2 is 1.82 bits per heavy atom. The molecule has 2 heterocycles. The topological polar surface area (TPSA) is 88.4 Å². The van der Waals surface area contributed by atoms with Crippen LogP contribution in [0, 0.1) is 12.8 Å². The van der Waals surface area contributed by atoms with Crippen LogP contribution < -0.4 is 10.9 Å². The van der Waals surface area contributed by atoms with Crippen molar-refractivity contribution in [2.45, 2.75) is 45.7 Å². The lowest BCUT2D eigenvalue weighted by Gasteiger charge is -2.24. The average molecular weight is 521 g/mol. The molecular weight excluding hydrogens is 495 g/mol. The van der Waals surface area contributed by atoms with Gasteiger partial charge in [0.2, 0.25) is 5.91 Å². The number of nitrogens with one attached hydrogen (secondary N) is 1. The maximum atomic E-state index is 13.4. The number of nitrogens with zero attached hydrogens (tertiary/aromatic N) is 1. The van der Waals surface area contributed by atoms with Gasteiger partial charge in [0.05, 0.1) is 22.5 Å². The molecule has 1 amide bonds. The molecule has 2 N–H and O–H groups in total. The first-order valence-corrected chi connectivity index (χ1v) is 12.4. The number of halogens is 2. The molecule has 0 aliphatic rings. The number of aryl methyl sites for hydroxylation is 1. The maximum Gasteiger partial charge on any atom is 0.305 e. The minimum absolute atomic E-state index is 0.136. The quantitative estimate of drug-likeness (QED) is 0.356. The maximum absolute atomic E-state index is 13.4. The van der Waals surface area contributed by atoms with Gasteiger partial charge in [-0.2, -0.15) is 0 Å². The number of hydrogen-bond acceptors (Lipinski definition) is 4. The van der Waals surface area contributed by atoms with Crippen molar-refractivity contribution < 1.29 is 14.7 Å². The van der Waals surface area contributed by atoms with Crippen LogP contribution in [0.1, 0.15) is 49.9 Å². The molecule has 2 aromatic heterocycles. The first-order chi connectivity index (χ1) is 16.1. The smallest absolute Gasteiger partial charge is 0.305 e. The summed E-state index contributed by atoms with van der Waals surface area (Å²) in [7, 11) is 0. The standard InChI is InChI=1S/C25H26Cl2N2O4S/c1-14(2)9-20(29-8-7-15(3)10-22(29)30)25(33)28-19(12-23(31)32)16-11-21(34-13-16)24-17(26)5-4-6-18(24)27/h4-8,10-11,13-14,19-20H,9,12H2,1-3H3,(H,28,33)(H,31,32)/t19-,20-/m1/s1. The molecule has 1 aromatic carbocycles. The Balaban J connectivity index is 1.94. The highest BCUT2D eigenvalue weighted by molar-refractivity contribution is 7.13. The summed E-state index contributed by atoms with van der Waals surface area (Å²) in [6.07, 6.45) is 1.73. The molecule has 180 valence electrons. The van der Waals surface area contributed by atoms with Crippen LogP contribution in [-0.4, -0.2) is 21.6 Å². The second kappa shape index (κ2) is 11.2. The highest BCUT2D eigenvalue weighted by Gasteiger charge is 2.27. The van der Waals surface area contributed by atoms with Crippen LogP contribution in [0.25, 0.3) is 10.4 Å². The van der Waals surface area contributed by atoms with Gasteiger partial charge in [-0.1, -0.05) is 43.1 Å². The van der Waals surface area contributed by atoms with Crippen molar-refractivity contribution in [2.75, 3.05) is 0 Å². The Morgan fingerprint density at radius 3 is 2.41 bits per heavy atom. The van der Waals surface area contributed by atoms with Gasteiger partial charge in [-0.05, 0) is 60.0 Å². The largest absolute Gasteiger partial charge is 0.481 e. The number of thiophene rings is 1. The predicted molar refractivity (Wildman–Crippen MR) is 137 cm³/mol. The number of carboxylic acids is 1. The molecule has 2 atom stereocenters. The Morgan fingerprint density at radius 1 is 1.15 bits per heavy atom. The number of aliphatic carboxylic acids is 1. The lowest BCUT2D eigenvalue weighted by Crippen LogP contribution is -2.40. The van der Waals surface area contributed by atoms with E-state index in [0.717, 1.165) is 10.4 Å². The Labute approximate surface area is 212 Å². The van der Waals surface area contributed by atoms with Gasteiger partial charge in [-0.25, -0.2) is 0 Å². The third-order valence-electron chi connectivity index (χ3n) is 5.36. The SMILES string of the molecule is Cc1ccn([C@H](CC(C)C)C(=O)N[C@H](CC(=O)O)c2csc(-c3c(Cl)cccc3Cl)c2)c(=O)c1. The number of pyridine rings is 1. The van der Waals surface area contributed by atoms with Crippen LogP contribution >= 0.6 is 34.5 Å². The Kier molecular flexibility index (Phi) is 8.57. The van der Waals surface area contributed by atoms with Crippen molar-refractivity contribution in [2.24, 2.45) is 5.92 Å². The zero-order valence-electron chi connectivity index (χ0n) is 19.0. The lowest BCUT2D eigenvalue weighted by atomic mass is 10.0. The second-order valence-electron chi connectivity index (χ2n) is 8.59. The van der Waals surface area contributed by atoms with Gasteiger partial charge in [0.1, 0.15) is 6.04 Å². The molecule has 0 aliphatic carbocycles. The van der Waals surface area contributed by atoms with E-state index in [4.69, 9.17) is 23.2 Å². The van der Waals surface area contributed by atoms with Crippen LogP contribution in [-0.2, 0) is 9.59 Å². The van der Waals surface area contributed by atoms with Crippen molar-refractivity contribution in [3.05, 3.63) is 79.5 Å². The summed E-state index contributed by atoms with van der Waals surface area (Å²) in [6.45, 7) is 5.74. The lowest BCUT2D eigenvalue weighted by molar-refractivity contribution is -0.138. The molecule has 0 unspecified atom stereocenters. The monoisotopic (exact) mass is 520 g/mol. The number of aromatic nitrogens is 1. The highest BCUT2D eigenvalue weighted by Crippen LogP contribution is 2.39. The van der Waals surface area contributed by atoms with E-state index in [1.807, 2.05) is 20.8 Å². The number of carbonyl (C=O) groups is 2. The van der Waals surface area contributed by atoms with E-state index >= 15 is 0 Å². The van der Waals surface area contributed by atoms with E-state index < -0.39 is 24.0 Å². The van der Waals surface area contributed by atoms with E-state index in [1.165, 1.54) is 22.0 Å². The molecule has 0 fully saturated rings. The first kappa shape index (κ1) is 26.0. The van der Waals surface area contributed by atoms with Crippen molar-refractivity contribution in [1.29, 1.82) is 0 Å². The van der Waals surface area contributed by atoms with Gasteiger partial charge in [0.15, 0.2) is 0 Å². The Hall–Kier alpha value is -2.61. The molecule has 34 heavy (non-hydrogen) atoms. The summed E-state index contributed by atoms with van der Waals surface area (Å²) in [5.74, 6) is -1.33. The van der Waals surface area contributed by atoms with Gasteiger partial charge >= 0.3 is 5.97 Å². The van der Waals surface area contributed by atoms with Crippen molar-refractivity contribution in [1.82, 2.24) is 9.88 Å². The van der Waals surface area contributed by atoms with E-state index in [9.17, 15) is 19.5 Å². The number of benzene rings is 1. The van der Waals surface area contributed by atoms with E-state index in [-0.39, 0.29) is 17.9 Å². The minimum Gasteiger partial charge on any atom is -0.481 e. The molecule has 3 aromatic rings. The third kappa shape index (κ3) is 6.29. The fourth-order valence-corrected chi connectivity index (χ4v) is 5.48. The van der Waals surface area contributed by atoms with Crippen molar-refractivity contribution in [3.8, 4) is 10.4 Å². The summed E-state index contributed by atoms with van der Waals surface area (Å²) in [5, 5.41) is 15.1. The van der Waals surface area contributed by atoms with Gasteiger partial charge in [-0.3, -0.25) is 14.4 Å². The summed E-state index contributed by atoms with van der Waals surface area (Å²) in [4.78, 5) is 38.3. The average Bonchev–Trinajstić information content (AvgIpc) is 3.21. The molecule has 0 spiro atoms. The second-order valence-corrected chi connectivity index (χ2v) is 10.3. The third-order valence-corrected chi connectivity index (χ3v) is 6.96. The normalized spacial score (nSPS) is 13.0. The van der Waals surface area contributed by atoms with Crippen molar-refractivity contribution in [3.63, 3.8) is 0 Å². The summed E-state index contributed by atoms with van der Waals surface area (Å²) in [6, 6.07) is 8.71. The number of carbonyl (C=O) groups excluding carboxylic acids is 1. The first-order valence-electron chi connectivity index (χ1n) is 10.8. The van der Waals surface area contributed by atoms with Crippen LogP contribution in [0.4, 0.5) is 0 Å². The number of amides is 1. The van der Waals surface area contributed by atoms with Crippen LogP contribution in [0.15, 0.2) is 52.8 Å². The van der Waals surface area contributed by atoms with Gasteiger partial charge in [-0.15, -0.1) is 11.3 Å². The molecule has 6 nitrogen and oxygen atoms in total. The van der Waals surface area contributed by atoms with E-state index in [0.29, 0.717) is 27.6 Å². The predicted octanol–water partition coefficient (Wildman–Crippen LogP) is 6.11. The fraction of sp³-hybridized carbons (Fsp3) is 0.320. The fourth-order valence-electron chi connectivity index (χ4n) is 3.73. The van der Waals surface area contributed by atoms with E-state index in [1.54, 1.807) is 41.9 Å². The Bertz CT molecular complexity index is 1230. The highest BCUT2D eigenvalue weighted by atomic mass is 35.5. The van der Waals surface area contributed by atoms with Gasteiger partial charge in [0.25, 0.3) is 5.56 Å². The van der Waals surface area contributed by atoms with Gasteiger partial charge < -0.3 is 15.0 Å². The summed E-state index contributed by atoms with van der Waals surface area (Å²) >= 11 is 14.0. The molecule has 0 saturated carbocycles. The summed E-state index contributed by atoms with van der Waals surface area (Å²) < 4.78 is 1.41. The molecular formula is C25H26Cl2N2O4S. The number of carboxylic acid groups (broad SMARTS) is 1. The zero-order chi connectivity index (χ0) is 25.0. The minimum atomic E-state index is -1.05. The van der Waals surface area contributed by atoms with Crippen molar-refractivity contribution >= 4 is 46.4 Å². The van der Waals surface area contributed by atoms with Crippen LogP contribution in [0.3, 0.4) is 0 Å². The van der Waals surface area contributed by atoms with Gasteiger partial charge in [0, 0.05) is 22.7 Å². The van der Waals surface area contributed by atoms with E-state index in [2.05, 4.69) is 5.32 Å². The molecule has 0 aliphatic heterocycles. The van der Waals surface area contributed by atoms with Crippen LogP contribution in [0.2, 0.25) is 10.0 Å². The molecule has 0 saturated heterocycles. The number of hydrogen-bond donors (Lipinski definition) is 2. The zero-order valence-corrected chi connectivity index (χ0v) is 21.4. The molecule has 0 bridgehead atoms. The molecule has 3 rings (SSSR count). The molecule has 0 radical (unpaired) electrons.